The zero-order valence-corrected chi connectivity index (χ0v) is 22.9. The fourth-order valence-electron chi connectivity index (χ4n) is 4.14. The van der Waals surface area contributed by atoms with Gasteiger partial charge in [0.25, 0.3) is 5.91 Å². The van der Waals surface area contributed by atoms with Gasteiger partial charge in [-0.3, -0.25) is 4.79 Å². The van der Waals surface area contributed by atoms with Crippen molar-refractivity contribution in [1.82, 2.24) is 10.4 Å². The Balaban J connectivity index is 1.37. The summed E-state index contributed by atoms with van der Waals surface area (Å²) in [7, 11) is 0. The molecule has 0 saturated heterocycles. The van der Waals surface area contributed by atoms with E-state index in [9.17, 15) is 4.79 Å². The second kappa shape index (κ2) is 12.4. The van der Waals surface area contributed by atoms with Crippen molar-refractivity contribution in [3.8, 4) is 22.8 Å². The Morgan fingerprint density at radius 3 is 2.41 bits per heavy atom. The summed E-state index contributed by atoms with van der Waals surface area (Å²) in [6.07, 6.45) is 1.58. The van der Waals surface area contributed by atoms with E-state index < -0.39 is 0 Å². The molecule has 0 fully saturated rings. The topological polar surface area (TPSA) is 72.8 Å². The number of hydrogen-bond acceptors (Lipinski definition) is 5. The number of nitrogens with zero attached hydrogens (tertiary/aromatic N) is 2. The molecule has 1 heterocycles. The SMILES string of the molecule is CCOc1cc(/C=N/NC(=O)c2cc(-c3ccccc3)nc3ccccc23)cc(Br)c1OCc1ccccc1. The number of hydrazone groups is 1. The number of pyridine rings is 1. The van der Waals surface area contributed by atoms with Crippen LogP contribution in [-0.2, 0) is 6.61 Å². The van der Waals surface area contributed by atoms with Crippen LogP contribution in [0.2, 0.25) is 0 Å². The first-order valence-corrected chi connectivity index (χ1v) is 13.3. The Morgan fingerprint density at radius 2 is 1.64 bits per heavy atom. The Bertz CT molecular complexity index is 1620. The van der Waals surface area contributed by atoms with Crippen LogP contribution in [0.3, 0.4) is 0 Å². The third-order valence-electron chi connectivity index (χ3n) is 5.97. The van der Waals surface area contributed by atoms with Crippen LogP contribution in [0.15, 0.2) is 113 Å². The Hall–Kier alpha value is -4.49. The monoisotopic (exact) mass is 579 g/mol. The molecule has 0 radical (unpaired) electrons. The van der Waals surface area contributed by atoms with Crippen LogP contribution < -0.4 is 14.9 Å². The lowest BCUT2D eigenvalue weighted by Gasteiger charge is -2.14. The Kier molecular flexibility index (Phi) is 8.29. The van der Waals surface area contributed by atoms with Gasteiger partial charge < -0.3 is 9.47 Å². The highest BCUT2D eigenvalue weighted by Gasteiger charge is 2.15. The van der Waals surface area contributed by atoms with Crippen LogP contribution in [0.1, 0.15) is 28.4 Å². The van der Waals surface area contributed by atoms with Crippen molar-refractivity contribution in [2.24, 2.45) is 5.10 Å². The maximum absolute atomic E-state index is 13.2. The standard InChI is InChI=1S/C32H26BrN3O3/c1-2-38-30-18-23(17-27(33)31(30)39-21-22-11-5-3-6-12-22)20-34-36-32(37)26-19-29(24-13-7-4-8-14-24)35-28-16-10-9-15-25(26)28/h3-20H,2,21H2,1H3,(H,36,37)/b34-20+. The molecule has 5 rings (SSSR count). The number of carbonyl (C=O) groups excluding carboxylic acids is 1. The summed E-state index contributed by atoms with van der Waals surface area (Å²) in [5.41, 5.74) is 7.35. The molecule has 1 aromatic heterocycles. The number of aromatic nitrogens is 1. The van der Waals surface area contributed by atoms with Crippen molar-refractivity contribution < 1.29 is 14.3 Å². The molecular weight excluding hydrogens is 554 g/mol. The van der Waals surface area contributed by atoms with Crippen LogP contribution in [0.5, 0.6) is 11.5 Å². The van der Waals surface area contributed by atoms with E-state index in [1.54, 1.807) is 12.3 Å². The van der Waals surface area contributed by atoms with E-state index in [0.717, 1.165) is 37.8 Å². The first-order chi connectivity index (χ1) is 19.1. The van der Waals surface area contributed by atoms with E-state index in [4.69, 9.17) is 14.5 Å². The summed E-state index contributed by atoms with van der Waals surface area (Å²) in [5.74, 6) is 0.871. The molecule has 0 bridgehead atoms. The predicted octanol–water partition coefficient (Wildman–Crippen LogP) is 7.41. The second-order valence-corrected chi connectivity index (χ2v) is 9.53. The summed E-state index contributed by atoms with van der Waals surface area (Å²) in [6.45, 7) is 2.80. The molecule has 0 saturated carbocycles. The molecule has 5 aromatic rings. The van der Waals surface area contributed by atoms with Crippen molar-refractivity contribution >= 4 is 39.0 Å². The second-order valence-electron chi connectivity index (χ2n) is 8.67. The molecule has 194 valence electrons. The molecule has 39 heavy (non-hydrogen) atoms. The van der Waals surface area contributed by atoms with E-state index in [0.29, 0.717) is 30.3 Å². The number of fused-ring (bicyclic) bond motifs is 1. The number of halogens is 1. The summed E-state index contributed by atoms with van der Waals surface area (Å²) in [6, 6.07) is 32.8. The van der Waals surface area contributed by atoms with Crippen LogP contribution >= 0.6 is 15.9 Å². The minimum atomic E-state index is -0.325. The van der Waals surface area contributed by atoms with Gasteiger partial charge in [-0.25, -0.2) is 10.4 Å². The van der Waals surface area contributed by atoms with Gasteiger partial charge in [0.15, 0.2) is 11.5 Å². The van der Waals surface area contributed by atoms with Crippen molar-refractivity contribution in [3.63, 3.8) is 0 Å². The smallest absolute Gasteiger partial charge is 0.272 e. The van der Waals surface area contributed by atoms with Gasteiger partial charge in [0.2, 0.25) is 0 Å². The minimum Gasteiger partial charge on any atom is -0.490 e. The Morgan fingerprint density at radius 1 is 0.923 bits per heavy atom. The molecule has 0 aliphatic rings. The van der Waals surface area contributed by atoms with Crippen molar-refractivity contribution in [1.29, 1.82) is 0 Å². The molecule has 0 aliphatic heterocycles. The average Bonchev–Trinajstić information content (AvgIpc) is 2.97. The van der Waals surface area contributed by atoms with Crippen molar-refractivity contribution in [2.45, 2.75) is 13.5 Å². The molecule has 4 aromatic carbocycles. The number of para-hydroxylation sites is 1. The zero-order chi connectivity index (χ0) is 27.0. The maximum Gasteiger partial charge on any atom is 0.272 e. The van der Waals surface area contributed by atoms with Gasteiger partial charge in [-0.1, -0.05) is 78.9 Å². The highest BCUT2D eigenvalue weighted by molar-refractivity contribution is 9.10. The summed E-state index contributed by atoms with van der Waals surface area (Å²) < 4.78 is 12.6. The largest absolute Gasteiger partial charge is 0.490 e. The molecule has 1 amide bonds. The van der Waals surface area contributed by atoms with Gasteiger partial charge in [0.05, 0.1) is 34.1 Å². The van der Waals surface area contributed by atoms with Crippen molar-refractivity contribution in [2.75, 3.05) is 6.61 Å². The first kappa shape index (κ1) is 26.1. The fraction of sp³-hybridized carbons (Fsp3) is 0.0938. The van der Waals surface area contributed by atoms with E-state index in [1.165, 1.54) is 0 Å². The quantitative estimate of drug-likeness (QED) is 0.146. The third-order valence-corrected chi connectivity index (χ3v) is 6.56. The van der Waals surface area contributed by atoms with Gasteiger partial charge in [-0.2, -0.15) is 5.10 Å². The number of benzene rings is 4. The summed E-state index contributed by atoms with van der Waals surface area (Å²) in [5, 5.41) is 4.99. The number of ether oxygens (including phenoxy) is 2. The molecule has 0 unspecified atom stereocenters. The normalized spacial score (nSPS) is 11.0. The van der Waals surface area contributed by atoms with Crippen LogP contribution in [0, 0.1) is 0 Å². The molecular formula is C32H26BrN3O3. The number of carbonyl (C=O) groups is 1. The lowest BCUT2D eigenvalue weighted by molar-refractivity contribution is 0.0956. The highest BCUT2D eigenvalue weighted by Crippen LogP contribution is 2.37. The highest BCUT2D eigenvalue weighted by atomic mass is 79.9. The maximum atomic E-state index is 13.2. The summed E-state index contributed by atoms with van der Waals surface area (Å²) in [4.78, 5) is 18.0. The van der Waals surface area contributed by atoms with Gasteiger partial charge >= 0.3 is 0 Å². The van der Waals surface area contributed by atoms with Crippen LogP contribution in [0.4, 0.5) is 0 Å². The van der Waals surface area contributed by atoms with E-state index >= 15 is 0 Å². The number of amides is 1. The van der Waals surface area contributed by atoms with Gasteiger partial charge in [0, 0.05) is 10.9 Å². The summed E-state index contributed by atoms with van der Waals surface area (Å²) >= 11 is 3.60. The number of hydrogen-bond donors (Lipinski definition) is 1. The fourth-order valence-corrected chi connectivity index (χ4v) is 4.72. The number of rotatable bonds is 9. The van der Waals surface area contributed by atoms with Crippen molar-refractivity contribution in [3.05, 3.63) is 124 Å². The molecule has 0 atom stereocenters. The van der Waals surface area contributed by atoms with Gasteiger partial charge in [0.1, 0.15) is 6.61 Å². The molecule has 0 spiro atoms. The first-order valence-electron chi connectivity index (χ1n) is 12.5. The zero-order valence-electron chi connectivity index (χ0n) is 21.3. The van der Waals surface area contributed by atoms with E-state index in [2.05, 4.69) is 26.5 Å². The molecule has 1 N–H and O–H groups in total. The third kappa shape index (κ3) is 6.33. The molecule has 7 heteroatoms. The molecule has 0 aliphatic carbocycles. The lowest BCUT2D eigenvalue weighted by Crippen LogP contribution is -2.18. The minimum absolute atomic E-state index is 0.325. The lowest BCUT2D eigenvalue weighted by atomic mass is 10.0. The van der Waals surface area contributed by atoms with Gasteiger partial charge in [-0.15, -0.1) is 0 Å². The van der Waals surface area contributed by atoms with E-state index in [-0.39, 0.29) is 5.91 Å². The van der Waals surface area contributed by atoms with Crippen LogP contribution in [0.25, 0.3) is 22.2 Å². The van der Waals surface area contributed by atoms with Crippen LogP contribution in [-0.4, -0.2) is 23.7 Å². The number of nitrogens with one attached hydrogen (secondary N) is 1. The Labute approximate surface area is 235 Å². The van der Waals surface area contributed by atoms with E-state index in [1.807, 2.05) is 104 Å². The average molecular weight is 580 g/mol. The van der Waals surface area contributed by atoms with Gasteiger partial charge in [-0.05, 0) is 58.2 Å². The predicted molar refractivity (Wildman–Crippen MR) is 158 cm³/mol. The molecule has 6 nitrogen and oxygen atoms in total.